The van der Waals surface area contributed by atoms with E-state index in [-0.39, 0.29) is 23.3 Å². The number of halogens is 5. The molecular formula is C34H31F5N4O2. The zero-order valence-electron chi connectivity index (χ0n) is 24.8. The smallest absolute Gasteiger partial charge is 0.378 e. The Kier molecular flexibility index (Phi) is 8.07. The number of anilines is 1. The molecule has 45 heavy (non-hydrogen) atoms. The Morgan fingerprint density at radius 3 is 2.16 bits per heavy atom. The second kappa shape index (κ2) is 11.8. The molecule has 3 aromatic carbocycles. The number of pyridine rings is 1. The molecular weight excluding hydrogens is 591 g/mol. The lowest BCUT2D eigenvalue weighted by atomic mass is 9.77. The highest BCUT2D eigenvalue weighted by molar-refractivity contribution is 6.07. The summed E-state index contributed by atoms with van der Waals surface area (Å²) in [6, 6.07) is 13.9. The van der Waals surface area contributed by atoms with Crippen LogP contribution in [0.1, 0.15) is 48.9 Å². The lowest BCUT2D eigenvalue weighted by Crippen LogP contribution is -2.36. The minimum Gasteiger partial charge on any atom is -0.378 e. The van der Waals surface area contributed by atoms with Gasteiger partial charge in [0.2, 0.25) is 0 Å². The van der Waals surface area contributed by atoms with Crippen LogP contribution in [0.2, 0.25) is 0 Å². The van der Waals surface area contributed by atoms with Crippen LogP contribution in [-0.4, -0.2) is 42.3 Å². The van der Waals surface area contributed by atoms with Gasteiger partial charge in [0.05, 0.1) is 47.0 Å². The number of alkyl halides is 3. The Morgan fingerprint density at radius 1 is 0.867 bits per heavy atom. The van der Waals surface area contributed by atoms with Gasteiger partial charge in [-0.25, -0.2) is 8.78 Å². The molecule has 0 unspecified atom stereocenters. The van der Waals surface area contributed by atoms with E-state index in [1.807, 2.05) is 18.7 Å². The minimum atomic E-state index is -4.47. The molecule has 1 fully saturated rings. The SMILES string of the molecule is CC(C)(C1=NN=C(c2cn(Cc3ccc(C(F)(F)F)cc3)c3cc(N4CCOCC4)c(F)cc3c2=O)CC1)c1ccc(F)cc1. The first-order chi connectivity index (χ1) is 21.4. The molecule has 0 amide bonds. The van der Waals surface area contributed by atoms with Crippen molar-refractivity contribution < 1.29 is 26.7 Å². The summed E-state index contributed by atoms with van der Waals surface area (Å²) in [4.78, 5) is 15.7. The highest BCUT2D eigenvalue weighted by Gasteiger charge is 2.31. The van der Waals surface area contributed by atoms with Gasteiger partial charge in [-0.15, -0.1) is 0 Å². The first-order valence-electron chi connectivity index (χ1n) is 14.7. The Hall–Kier alpha value is -4.38. The summed E-state index contributed by atoms with van der Waals surface area (Å²) >= 11 is 0. The number of hydrogen-bond acceptors (Lipinski definition) is 5. The monoisotopic (exact) mass is 622 g/mol. The van der Waals surface area contributed by atoms with Crippen LogP contribution in [0.15, 0.2) is 81.9 Å². The molecule has 1 aromatic heterocycles. The standard InChI is InChI=1S/C34H31F5N4O2/c1-33(2,22-7-9-24(35)10-8-22)31-12-11-28(40-41-31)26-20-43(19-21-3-5-23(6-4-21)34(37,38)39)29-18-30(42-13-15-45-16-14-42)27(36)17-25(29)32(26)44/h3-10,17-18,20H,11-16,19H2,1-2H3. The normalized spacial score (nSPS) is 16.1. The molecule has 234 valence electrons. The second-order valence-corrected chi connectivity index (χ2v) is 11.8. The van der Waals surface area contributed by atoms with Crippen molar-refractivity contribution in [2.45, 2.75) is 44.8 Å². The van der Waals surface area contributed by atoms with Crippen molar-refractivity contribution in [2.24, 2.45) is 10.2 Å². The lowest BCUT2D eigenvalue weighted by Gasteiger charge is -2.30. The third kappa shape index (κ3) is 6.13. The zero-order chi connectivity index (χ0) is 31.9. The average Bonchev–Trinajstić information content (AvgIpc) is 3.03. The van der Waals surface area contributed by atoms with E-state index < -0.39 is 28.4 Å². The summed E-state index contributed by atoms with van der Waals surface area (Å²) in [6.45, 7) is 5.92. The van der Waals surface area contributed by atoms with Crippen molar-refractivity contribution in [3.63, 3.8) is 0 Å². The third-order valence-corrected chi connectivity index (χ3v) is 8.62. The summed E-state index contributed by atoms with van der Waals surface area (Å²) in [5, 5.41) is 9.05. The van der Waals surface area contributed by atoms with E-state index in [9.17, 15) is 22.4 Å². The van der Waals surface area contributed by atoms with Gasteiger partial charge < -0.3 is 14.2 Å². The van der Waals surface area contributed by atoms with Gasteiger partial charge in [-0.05, 0) is 60.4 Å². The van der Waals surface area contributed by atoms with Crippen molar-refractivity contribution in [1.29, 1.82) is 0 Å². The van der Waals surface area contributed by atoms with E-state index >= 15 is 4.39 Å². The van der Waals surface area contributed by atoms with Crippen LogP contribution in [0.4, 0.5) is 27.6 Å². The molecule has 4 aromatic rings. The average molecular weight is 623 g/mol. The van der Waals surface area contributed by atoms with Crippen LogP contribution in [0, 0.1) is 11.6 Å². The van der Waals surface area contributed by atoms with E-state index in [0.29, 0.717) is 61.6 Å². The molecule has 11 heteroatoms. The fourth-order valence-corrected chi connectivity index (χ4v) is 5.89. The predicted molar refractivity (Wildman–Crippen MR) is 164 cm³/mol. The molecule has 0 N–H and O–H groups in total. The van der Waals surface area contributed by atoms with Crippen molar-refractivity contribution in [3.05, 3.63) is 111 Å². The molecule has 0 saturated carbocycles. The largest absolute Gasteiger partial charge is 0.416 e. The highest BCUT2D eigenvalue weighted by Crippen LogP contribution is 2.32. The molecule has 0 bridgehead atoms. The number of aromatic nitrogens is 1. The number of hydrogen-bond donors (Lipinski definition) is 0. The highest BCUT2D eigenvalue weighted by atomic mass is 19.4. The molecule has 0 aliphatic carbocycles. The van der Waals surface area contributed by atoms with Crippen LogP contribution >= 0.6 is 0 Å². The molecule has 3 heterocycles. The molecule has 1 saturated heterocycles. The first-order valence-corrected chi connectivity index (χ1v) is 14.7. The predicted octanol–water partition coefficient (Wildman–Crippen LogP) is 7.10. The van der Waals surface area contributed by atoms with Crippen LogP contribution in [0.5, 0.6) is 0 Å². The number of ether oxygens (including phenoxy) is 1. The number of fused-ring (bicyclic) bond motifs is 1. The Balaban J connectivity index is 1.43. The van der Waals surface area contributed by atoms with E-state index in [0.717, 1.165) is 23.4 Å². The van der Waals surface area contributed by atoms with Crippen LogP contribution < -0.4 is 10.3 Å². The lowest BCUT2D eigenvalue weighted by molar-refractivity contribution is -0.137. The summed E-state index contributed by atoms with van der Waals surface area (Å²) < 4.78 is 75.8. The molecule has 0 spiro atoms. The summed E-state index contributed by atoms with van der Waals surface area (Å²) in [5.74, 6) is -0.885. The fourth-order valence-electron chi connectivity index (χ4n) is 5.89. The molecule has 0 atom stereocenters. The van der Waals surface area contributed by atoms with Crippen LogP contribution in [-0.2, 0) is 22.9 Å². The molecule has 0 radical (unpaired) electrons. The van der Waals surface area contributed by atoms with Crippen molar-refractivity contribution in [2.75, 3.05) is 31.2 Å². The summed E-state index contributed by atoms with van der Waals surface area (Å²) in [5.41, 5.74) is 1.96. The summed E-state index contributed by atoms with van der Waals surface area (Å²) in [7, 11) is 0. The maximum Gasteiger partial charge on any atom is 0.416 e. The van der Waals surface area contributed by atoms with Gasteiger partial charge in [0.1, 0.15) is 11.6 Å². The van der Waals surface area contributed by atoms with E-state index in [1.165, 1.54) is 30.3 Å². The van der Waals surface area contributed by atoms with Gasteiger partial charge in [0, 0.05) is 36.6 Å². The van der Waals surface area contributed by atoms with Gasteiger partial charge >= 0.3 is 6.18 Å². The van der Waals surface area contributed by atoms with E-state index in [1.54, 1.807) is 29.0 Å². The van der Waals surface area contributed by atoms with Gasteiger partial charge in [-0.3, -0.25) is 4.79 Å². The van der Waals surface area contributed by atoms with Crippen molar-refractivity contribution in [1.82, 2.24) is 4.57 Å². The Bertz CT molecular complexity index is 1850. The van der Waals surface area contributed by atoms with Crippen molar-refractivity contribution >= 4 is 28.0 Å². The van der Waals surface area contributed by atoms with Crippen molar-refractivity contribution in [3.8, 4) is 0 Å². The van der Waals surface area contributed by atoms with E-state index in [2.05, 4.69) is 10.2 Å². The number of rotatable bonds is 6. The number of morpholine rings is 1. The maximum absolute atomic E-state index is 15.5. The van der Waals surface area contributed by atoms with Gasteiger partial charge in [-0.1, -0.05) is 38.1 Å². The molecule has 6 rings (SSSR count). The topological polar surface area (TPSA) is 59.2 Å². The number of benzene rings is 3. The minimum absolute atomic E-state index is 0.134. The summed E-state index contributed by atoms with van der Waals surface area (Å²) in [6.07, 6.45) is -1.96. The molecule has 2 aliphatic rings. The quantitative estimate of drug-likeness (QED) is 0.216. The molecule has 2 aliphatic heterocycles. The zero-order valence-corrected chi connectivity index (χ0v) is 24.8. The second-order valence-electron chi connectivity index (χ2n) is 11.8. The van der Waals surface area contributed by atoms with Crippen LogP contribution in [0.3, 0.4) is 0 Å². The Morgan fingerprint density at radius 2 is 1.53 bits per heavy atom. The fraction of sp³-hybridized carbons (Fsp3) is 0.324. The van der Waals surface area contributed by atoms with Gasteiger partial charge in [0.15, 0.2) is 5.43 Å². The van der Waals surface area contributed by atoms with Crippen LogP contribution in [0.25, 0.3) is 10.9 Å². The number of nitrogens with zero attached hydrogens (tertiary/aromatic N) is 4. The van der Waals surface area contributed by atoms with Gasteiger partial charge in [0.25, 0.3) is 0 Å². The molecule has 6 nitrogen and oxygen atoms in total. The first kappa shape index (κ1) is 30.6. The van der Waals surface area contributed by atoms with Gasteiger partial charge in [-0.2, -0.15) is 23.4 Å². The third-order valence-electron chi connectivity index (χ3n) is 8.62. The Labute approximate surface area is 256 Å². The maximum atomic E-state index is 15.5. The van der Waals surface area contributed by atoms with E-state index in [4.69, 9.17) is 4.74 Å².